The third-order valence-corrected chi connectivity index (χ3v) is 2.09. The average Bonchev–Trinajstić information content (AvgIpc) is 2.83. The molecule has 0 amide bonds. The van der Waals surface area contributed by atoms with Crippen LogP contribution in [-0.2, 0) is 6.54 Å². The maximum atomic E-state index is 4.10. The fourth-order valence-electron chi connectivity index (χ4n) is 1.29. The molecule has 1 aliphatic carbocycles. The smallest absolute Gasteiger partial charge is 0.113 e. The molecule has 1 aromatic rings. The fraction of sp³-hybridized carbons (Fsp3) is 0.500. The molecular weight excluding hydrogens is 148 g/mol. The highest BCUT2D eigenvalue weighted by molar-refractivity contribution is 5.14. The standard InChI is InChI=1S/C10H11N2/c1-2-3-8-12-10(6-7-11-12)9-4-5-9/h6,9H,4-5,8H2,1H3. The minimum atomic E-state index is 0.714. The molecule has 2 nitrogen and oxygen atoms in total. The zero-order chi connectivity index (χ0) is 8.39. The molecule has 61 valence electrons. The van der Waals surface area contributed by atoms with Gasteiger partial charge in [0, 0.05) is 11.6 Å². The molecule has 1 saturated carbocycles. The van der Waals surface area contributed by atoms with Gasteiger partial charge in [-0.15, -0.1) is 5.92 Å². The van der Waals surface area contributed by atoms with Crippen molar-refractivity contribution in [2.75, 3.05) is 0 Å². The van der Waals surface area contributed by atoms with E-state index < -0.39 is 0 Å². The van der Waals surface area contributed by atoms with Crippen LogP contribution in [0.1, 0.15) is 31.4 Å². The number of hydrogen-bond donors (Lipinski definition) is 0. The zero-order valence-electron chi connectivity index (χ0n) is 7.17. The van der Waals surface area contributed by atoms with E-state index in [1.807, 2.05) is 17.7 Å². The van der Waals surface area contributed by atoms with E-state index in [0.717, 1.165) is 5.92 Å². The van der Waals surface area contributed by atoms with Crippen LogP contribution in [0.5, 0.6) is 0 Å². The molecule has 1 radical (unpaired) electrons. The second-order valence-corrected chi connectivity index (χ2v) is 3.06. The summed E-state index contributed by atoms with van der Waals surface area (Å²) in [5.74, 6) is 6.61. The van der Waals surface area contributed by atoms with E-state index in [1.54, 1.807) is 0 Å². The molecule has 2 rings (SSSR count). The molecule has 1 aliphatic rings. The van der Waals surface area contributed by atoms with E-state index in [1.165, 1.54) is 18.5 Å². The molecule has 0 N–H and O–H groups in total. The van der Waals surface area contributed by atoms with Gasteiger partial charge in [-0.1, -0.05) is 5.92 Å². The van der Waals surface area contributed by atoms with Crippen LogP contribution in [-0.4, -0.2) is 9.78 Å². The van der Waals surface area contributed by atoms with Crippen LogP contribution in [0.2, 0.25) is 0 Å². The van der Waals surface area contributed by atoms with Crippen LogP contribution in [0, 0.1) is 18.0 Å². The SMILES string of the molecule is CC#CCn1n[c]cc1C1CC1. The Bertz CT molecular complexity index is 323. The van der Waals surface area contributed by atoms with E-state index in [-0.39, 0.29) is 0 Å². The van der Waals surface area contributed by atoms with Gasteiger partial charge in [-0.2, -0.15) is 5.10 Å². The first-order chi connectivity index (χ1) is 5.92. The fourth-order valence-corrected chi connectivity index (χ4v) is 1.29. The van der Waals surface area contributed by atoms with Crippen LogP contribution in [0.25, 0.3) is 0 Å². The first kappa shape index (κ1) is 7.42. The third kappa shape index (κ3) is 1.35. The maximum absolute atomic E-state index is 4.10. The van der Waals surface area contributed by atoms with Crippen molar-refractivity contribution in [2.24, 2.45) is 0 Å². The molecule has 0 spiro atoms. The second-order valence-electron chi connectivity index (χ2n) is 3.06. The van der Waals surface area contributed by atoms with Crippen LogP contribution < -0.4 is 0 Å². The molecule has 1 aromatic heterocycles. The molecule has 12 heavy (non-hydrogen) atoms. The van der Waals surface area contributed by atoms with Crippen molar-refractivity contribution in [1.82, 2.24) is 9.78 Å². The minimum absolute atomic E-state index is 0.714. The number of aromatic nitrogens is 2. The molecule has 1 fully saturated rings. The van der Waals surface area contributed by atoms with Crippen molar-refractivity contribution in [3.05, 3.63) is 18.0 Å². The Kier molecular flexibility index (Phi) is 1.87. The van der Waals surface area contributed by atoms with Crippen LogP contribution in [0.15, 0.2) is 6.07 Å². The van der Waals surface area contributed by atoms with Crippen LogP contribution in [0.3, 0.4) is 0 Å². The van der Waals surface area contributed by atoms with Crippen molar-refractivity contribution in [3.63, 3.8) is 0 Å². The largest absolute Gasteiger partial charge is 0.257 e. The second kappa shape index (κ2) is 3.02. The van der Waals surface area contributed by atoms with Gasteiger partial charge in [0.1, 0.15) is 12.7 Å². The Hall–Kier alpha value is -1.23. The van der Waals surface area contributed by atoms with Gasteiger partial charge in [-0.3, -0.25) is 4.68 Å². The van der Waals surface area contributed by atoms with E-state index in [9.17, 15) is 0 Å². The summed E-state index contributed by atoms with van der Waals surface area (Å²) in [6.07, 6.45) is 5.48. The highest BCUT2D eigenvalue weighted by atomic mass is 15.3. The number of hydrogen-bond acceptors (Lipinski definition) is 1. The number of rotatable bonds is 2. The highest BCUT2D eigenvalue weighted by Crippen LogP contribution is 2.39. The van der Waals surface area contributed by atoms with Gasteiger partial charge in [0.05, 0.1) is 0 Å². The first-order valence-electron chi connectivity index (χ1n) is 4.25. The summed E-state index contributed by atoms with van der Waals surface area (Å²) in [7, 11) is 0. The van der Waals surface area contributed by atoms with Crippen molar-refractivity contribution >= 4 is 0 Å². The Labute approximate surface area is 72.6 Å². The summed E-state index contributed by atoms with van der Waals surface area (Å²) in [5.41, 5.74) is 1.30. The molecule has 0 aromatic carbocycles. The molecule has 2 heteroatoms. The molecule has 0 aliphatic heterocycles. The Morgan fingerprint density at radius 1 is 1.75 bits per heavy atom. The zero-order valence-corrected chi connectivity index (χ0v) is 7.17. The lowest BCUT2D eigenvalue weighted by atomic mass is 10.3. The summed E-state index contributed by atoms with van der Waals surface area (Å²) in [5, 5.41) is 4.10. The van der Waals surface area contributed by atoms with Gasteiger partial charge >= 0.3 is 0 Å². The van der Waals surface area contributed by atoms with Crippen LogP contribution >= 0.6 is 0 Å². The van der Waals surface area contributed by atoms with Gasteiger partial charge < -0.3 is 0 Å². The lowest BCUT2D eigenvalue weighted by Gasteiger charge is -2.00. The van der Waals surface area contributed by atoms with Crippen molar-refractivity contribution < 1.29 is 0 Å². The van der Waals surface area contributed by atoms with Crippen molar-refractivity contribution in [2.45, 2.75) is 32.2 Å². The van der Waals surface area contributed by atoms with Gasteiger partial charge in [-0.05, 0) is 25.8 Å². The Balaban J connectivity index is 2.16. The van der Waals surface area contributed by atoms with E-state index >= 15 is 0 Å². The van der Waals surface area contributed by atoms with E-state index in [0.29, 0.717) is 6.54 Å². The van der Waals surface area contributed by atoms with Gasteiger partial charge in [0.15, 0.2) is 0 Å². The van der Waals surface area contributed by atoms with Gasteiger partial charge in [-0.25, -0.2) is 0 Å². The van der Waals surface area contributed by atoms with E-state index in [4.69, 9.17) is 0 Å². The normalized spacial score (nSPS) is 15.4. The lowest BCUT2D eigenvalue weighted by Crippen LogP contribution is -2.02. The van der Waals surface area contributed by atoms with Crippen molar-refractivity contribution in [1.29, 1.82) is 0 Å². The predicted octanol–water partition coefficient (Wildman–Crippen LogP) is 1.58. The summed E-state index contributed by atoms with van der Waals surface area (Å²) in [6.45, 7) is 2.57. The van der Waals surface area contributed by atoms with Gasteiger partial charge in [0.2, 0.25) is 0 Å². The average molecular weight is 159 g/mol. The van der Waals surface area contributed by atoms with E-state index in [2.05, 4.69) is 23.1 Å². The summed E-state index contributed by atoms with van der Waals surface area (Å²) in [6, 6.07) is 1.98. The molecule has 0 saturated heterocycles. The van der Waals surface area contributed by atoms with Gasteiger partial charge in [0.25, 0.3) is 0 Å². The lowest BCUT2D eigenvalue weighted by molar-refractivity contribution is 0.668. The molecule has 1 heterocycles. The molecule has 0 unspecified atom stereocenters. The molecule has 0 atom stereocenters. The monoisotopic (exact) mass is 159 g/mol. The summed E-state index contributed by atoms with van der Waals surface area (Å²) >= 11 is 0. The summed E-state index contributed by atoms with van der Waals surface area (Å²) < 4.78 is 1.95. The number of nitrogens with zero attached hydrogens (tertiary/aromatic N) is 2. The topological polar surface area (TPSA) is 17.8 Å². The highest BCUT2D eigenvalue weighted by Gasteiger charge is 2.26. The molecule has 0 bridgehead atoms. The quantitative estimate of drug-likeness (QED) is 0.599. The third-order valence-electron chi connectivity index (χ3n) is 2.09. The van der Waals surface area contributed by atoms with Crippen molar-refractivity contribution in [3.8, 4) is 11.8 Å². The minimum Gasteiger partial charge on any atom is -0.257 e. The Morgan fingerprint density at radius 3 is 3.25 bits per heavy atom. The first-order valence-corrected chi connectivity index (χ1v) is 4.25. The van der Waals surface area contributed by atoms with Crippen LogP contribution in [0.4, 0.5) is 0 Å². The Morgan fingerprint density at radius 2 is 2.58 bits per heavy atom. The predicted molar refractivity (Wildman–Crippen MR) is 46.5 cm³/mol. The summed E-state index contributed by atoms with van der Waals surface area (Å²) in [4.78, 5) is 0. The molecular formula is C10H11N2. The maximum Gasteiger partial charge on any atom is 0.113 e.